The third-order valence-corrected chi connectivity index (χ3v) is 1.68. The number of hydrogen-bond acceptors (Lipinski definition) is 2. The maximum atomic E-state index is 9.04. The highest BCUT2D eigenvalue weighted by Crippen LogP contribution is 2.18. The van der Waals surface area contributed by atoms with Gasteiger partial charge in [0.2, 0.25) is 0 Å². The third kappa shape index (κ3) is 3.60. The zero-order valence-corrected chi connectivity index (χ0v) is 8.40. The fourth-order valence-electron chi connectivity index (χ4n) is 0.957. The molecule has 0 atom stereocenters. The first-order valence-corrected chi connectivity index (χ1v) is 4.24. The Bertz CT molecular complexity index is 298. The van der Waals surface area contributed by atoms with Crippen molar-refractivity contribution in [3.8, 4) is 0 Å². The average Bonchev–Trinajstić information content (AvgIpc) is 2.13. The lowest BCUT2D eigenvalue weighted by Crippen LogP contribution is -2.17. The van der Waals surface area contributed by atoms with Crippen LogP contribution in [0.1, 0.15) is 6.92 Å². The summed E-state index contributed by atoms with van der Waals surface area (Å²) in [5.74, 6) is 0. The Balaban J connectivity index is 4.87. The first-order chi connectivity index (χ1) is 6.54. The molecule has 0 aromatic rings. The Morgan fingerprint density at radius 1 is 1.29 bits per heavy atom. The molecule has 0 amide bonds. The van der Waals surface area contributed by atoms with Gasteiger partial charge < -0.3 is 10.0 Å². The molecule has 74 valence electrons. The van der Waals surface area contributed by atoms with E-state index in [1.54, 1.807) is 6.08 Å². The van der Waals surface area contributed by atoms with Gasteiger partial charge in [0.05, 0.1) is 0 Å². The van der Waals surface area contributed by atoms with E-state index in [1.165, 1.54) is 12.2 Å². The SMILES string of the molecule is C=CC=C(B(O)O)C(=C)C(=C)C=CC. The summed E-state index contributed by atoms with van der Waals surface area (Å²) in [5, 5.41) is 18.1. The van der Waals surface area contributed by atoms with Crippen molar-refractivity contribution < 1.29 is 10.0 Å². The van der Waals surface area contributed by atoms with Gasteiger partial charge in [-0.2, -0.15) is 0 Å². The molecule has 0 unspecified atom stereocenters. The van der Waals surface area contributed by atoms with Crippen molar-refractivity contribution in [1.82, 2.24) is 0 Å². The van der Waals surface area contributed by atoms with E-state index in [4.69, 9.17) is 10.0 Å². The molecule has 0 aliphatic carbocycles. The van der Waals surface area contributed by atoms with Crippen LogP contribution in [0.3, 0.4) is 0 Å². The van der Waals surface area contributed by atoms with E-state index in [9.17, 15) is 0 Å². The molecule has 0 fully saturated rings. The predicted octanol–water partition coefficient (Wildman–Crippen LogP) is 1.80. The van der Waals surface area contributed by atoms with Crippen molar-refractivity contribution in [1.29, 1.82) is 0 Å². The van der Waals surface area contributed by atoms with Crippen molar-refractivity contribution in [2.75, 3.05) is 0 Å². The van der Waals surface area contributed by atoms with E-state index in [0.29, 0.717) is 16.6 Å². The van der Waals surface area contributed by atoms with Crippen LogP contribution in [0.15, 0.2) is 60.7 Å². The highest BCUT2D eigenvalue weighted by atomic mass is 16.4. The van der Waals surface area contributed by atoms with Gasteiger partial charge >= 0.3 is 7.12 Å². The van der Waals surface area contributed by atoms with Crippen LogP contribution >= 0.6 is 0 Å². The van der Waals surface area contributed by atoms with Crippen LogP contribution < -0.4 is 0 Å². The molecule has 0 aromatic carbocycles. The Kier molecular flexibility index (Phi) is 5.61. The molecule has 0 bridgehead atoms. The van der Waals surface area contributed by atoms with Crippen LogP contribution in [-0.2, 0) is 0 Å². The van der Waals surface area contributed by atoms with E-state index in [0.717, 1.165) is 0 Å². The second-order valence-electron chi connectivity index (χ2n) is 2.74. The normalized spacial score (nSPS) is 11.5. The van der Waals surface area contributed by atoms with Gasteiger partial charge in [-0.25, -0.2) is 0 Å². The summed E-state index contributed by atoms with van der Waals surface area (Å²) < 4.78 is 0. The van der Waals surface area contributed by atoms with Crippen molar-refractivity contribution in [2.24, 2.45) is 0 Å². The zero-order valence-electron chi connectivity index (χ0n) is 8.40. The molecule has 3 heteroatoms. The number of hydrogen-bond donors (Lipinski definition) is 2. The fraction of sp³-hybridized carbons (Fsp3) is 0.0909. The monoisotopic (exact) mass is 190 g/mol. The number of rotatable bonds is 5. The van der Waals surface area contributed by atoms with E-state index in [1.807, 2.05) is 13.0 Å². The summed E-state index contributed by atoms with van der Waals surface area (Å²) >= 11 is 0. The molecule has 2 N–H and O–H groups in total. The second-order valence-corrected chi connectivity index (χ2v) is 2.74. The molecule has 2 nitrogen and oxygen atoms in total. The number of allylic oxidation sites excluding steroid dienone is 7. The van der Waals surface area contributed by atoms with Gasteiger partial charge in [0.25, 0.3) is 0 Å². The summed E-state index contributed by atoms with van der Waals surface area (Å²) in [6.07, 6.45) is 6.54. The molecule has 0 aliphatic heterocycles. The maximum absolute atomic E-state index is 9.04. The van der Waals surface area contributed by atoms with Gasteiger partial charge in [-0.05, 0) is 23.5 Å². The Morgan fingerprint density at radius 2 is 1.86 bits per heavy atom. The molecule has 0 aromatic heterocycles. The van der Waals surface area contributed by atoms with E-state index < -0.39 is 7.12 Å². The van der Waals surface area contributed by atoms with Gasteiger partial charge in [0.1, 0.15) is 0 Å². The van der Waals surface area contributed by atoms with E-state index >= 15 is 0 Å². The van der Waals surface area contributed by atoms with Crippen LogP contribution in [0, 0.1) is 0 Å². The highest BCUT2D eigenvalue weighted by Gasteiger charge is 2.17. The third-order valence-electron chi connectivity index (χ3n) is 1.68. The van der Waals surface area contributed by atoms with Crippen molar-refractivity contribution in [2.45, 2.75) is 6.92 Å². The van der Waals surface area contributed by atoms with Gasteiger partial charge in [-0.15, -0.1) is 0 Å². The highest BCUT2D eigenvalue weighted by molar-refractivity contribution is 6.52. The molecule has 0 spiro atoms. The van der Waals surface area contributed by atoms with E-state index in [2.05, 4.69) is 19.7 Å². The van der Waals surface area contributed by atoms with Crippen molar-refractivity contribution in [3.05, 3.63) is 60.7 Å². The lowest BCUT2D eigenvalue weighted by molar-refractivity contribution is 0.420. The molecule has 0 saturated carbocycles. The van der Waals surface area contributed by atoms with Crippen LogP contribution in [0.2, 0.25) is 0 Å². The molecule has 0 saturated heterocycles. The minimum atomic E-state index is -1.55. The summed E-state index contributed by atoms with van der Waals surface area (Å²) in [6.45, 7) is 12.8. The van der Waals surface area contributed by atoms with Gasteiger partial charge in [-0.3, -0.25) is 0 Å². The Labute approximate surface area is 85.4 Å². The summed E-state index contributed by atoms with van der Waals surface area (Å²) in [7, 11) is -1.55. The molecule has 14 heavy (non-hydrogen) atoms. The van der Waals surface area contributed by atoms with Crippen molar-refractivity contribution >= 4 is 7.12 Å². The molecule has 0 radical (unpaired) electrons. The quantitative estimate of drug-likeness (QED) is 0.512. The average molecular weight is 190 g/mol. The molecular weight excluding hydrogens is 175 g/mol. The summed E-state index contributed by atoms with van der Waals surface area (Å²) in [4.78, 5) is 0. The summed E-state index contributed by atoms with van der Waals surface area (Å²) in [5.41, 5.74) is 1.45. The first-order valence-electron chi connectivity index (χ1n) is 4.24. The van der Waals surface area contributed by atoms with Gasteiger partial charge in [-0.1, -0.05) is 44.0 Å². The lowest BCUT2D eigenvalue weighted by Gasteiger charge is -2.09. The maximum Gasteiger partial charge on any atom is 0.489 e. The molecular formula is C11H15BO2. The smallest absolute Gasteiger partial charge is 0.423 e. The Morgan fingerprint density at radius 3 is 2.21 bits per heavy atom. The van der Waals surface area contributed by atoms with Crippen LogP contribution in [0.25, 0.3) is 0 Å². The Hall–Kier alpha value is -1.32. The molecule has 0 aliphatic rings. The topological polar surface area (TPSA) is 40.5 Å². The minimum absolute atomic E-state index is 0.308. The molecule has 0 rings (SSSR count). The van der Waals surface area contributed by atoms with Gasteiger partial charge in [0, 0.05) is 0 Å². The predicted molar refractivity (Wildman–Crippen MR) is 61.6 cm³/mol. The largest absolute Gasteiger partial charge is 0.489 e. The molecule has 0 heterocycles. The summed E-state index contributed by atoms with van der Waals surface area (Å²) in [6, 6.07) is 0. The van der Waals surface area contributed by atoms with Crippen LogP contribution in [0.5, 0.6) is 0 Å². The van der Waals surface area contributed by atoms with Crippen molar-refractivity contribution in [3.63, 3.8) is 0 Å². The standard InChI is InChI=1S/C11H15BO2/c1-5-7-9(3)10(4)11(8-6-2)12(13)14/h5-8,13-14H,2-4H2,1H3. The van der Waals surface area contributed by atoms with Gasteiger partial charge in [0.15, 0.2) is 0 Å². The second kappa shape index (κ2) is 6.19. The minimum Gasteiger partial charge on any atom is -0.423 e. The van der Waals surface area contributed by atoms with Crippen LogP contribution in [-0.4, -0.2) is 17.2 Å². The first kappa shape index (κ1) is 12.7. The fourth-order valence-corrected chi connectivity index (χ4v) is 0.957. The van der Waals surface area contributed by atoms with Crippen LogP contribution in [0.4, 0.5) is 0 Å². The lowest BCUT2D eigenvalue weighted by atomic mass is 9.73. The zero-order chi connectivity index (χ0) is 11.1. The van der Waals surface area contributed by atoms with E-state index in [-0.39, 0.29) is 0 Å².